The second-order valence-electron chi connectivity index (χ2n) is 8.16. The van der Waals surface area contributed by atoms with Crippen molar-refractivity contribution >= 4 is 14.1 Å². The Morgan fingerprint density at radius 1 is 1.25 bits per heavy atom. The molecule has 0 heterocycles. The summed E-state index contributed by atoms with van der Waals surface area (Å²) in [4.78, 5) is 12.6. The van der Waals surface area contributed by atoms with Gasteiger partial charge in [-0.05, 0) is 42.3 Å². The zero-order chi connectivity index (χ0) is 14.7. The van der Waals surface area contributed by atoms with Gasteiger partial charge in [0.2, 0.25) is 0 Å². The van der Waals surface area contributed by atoms with Gasteiger partial charge in [0, 0.05) is 11.5 Å². The van der Waals surface area contributed by atoms with Crippen LogP contribution in [0.15, 0.2) is 23.8 Å². The molecule has 3 heteroatoms. The summed E-state index contributed by atoms with van der Waals surface area (Å²) in [6.45, 7) is 11.7. The van der Waals surface area contributed by atoms with Crippen LogP contribution in [0.3, 0.4) is 0 Å². The highest BCUT2D eigenvalue weighted by Crippen LogP contribution is 2.53. The Kier molecular flexibility index (Phi) is 3.15. The van der Waals surface area contributed by atoms with Crippen molar-refractivity contribution in [1.29, 1.82) is 0 Å². The Morgan fingerprint density at radius 3 is 2.50 bits per heavy atom. The zero-order valence-electron chi connectivity index (χ0n) is 13.3. The van der Waals surface area contributed by atoms with Crippen molar-refractivity contribution in [2.24, 2.45) is 23.7 Å². The van der Waals surface area contributed by atoms with Gasteiger partial charge >= 0.3 is 0 Å². The molecule has 110 valence electrons. The molecular weight excluding hydrogens is 264 g/mol. The molecule has 1 saturated carbocycles. The second kappa shape index (κ2) is 4.41. The topological polar surface area (TPSA) is 26.3 Å². The molecule has 0 spiro atoms. The van der Waals surface area contributed by atoms with Crippen molar-refractivity contribution in [3.63, 3.8) is 0 Å². The molecule has 0 aliphatic heterocycles. The number of hydrogen-bond acceptors (Lipinski definition) is 2. The lowest BCUT2D eigenvalue weighted by Gasteiger charge is -2.36. The molecule has 3 aliphatic carbocycles. The smallest absolute Gasteiger partial charge is 0.192 e. The molecule has 4 atom stereocenters. The molecule has 3 rings (SSSR count). The molecule has 0 aromatic rings. The molecular formula is C17H26O2Si. The van der Waals surface area contributed by atoms with Crippen molar-refractivity contribution in [3.05, 3.63) is 23.8 Å². The van der Waals surface area contributed by atoms with Crippen LogP contribution in [0.5, 0.6) is 0 Å². The summed E-state index contributed by atoms with van der Waals surface area (Å²) in [7, 11) is -1.77. The van der Waals surface area contributed by atoms with Crippen molar-refractivity contribution in [1.82, 2.24) is 0 Å². The number of carbonyl (C=O) groups excluding carboxylic acids is 1. The summed E-state index contributed by atoms with van der Waals surface area (Å²) in [5.74, 6) is 2.18. The summed E-state index contributed by atoms with van der Waals surface area (Å²) in [6, 6.07) is 0. The minimum absolute atomic E-state index is 0.200. The largest absolute Gasteiger partial charge is 0.412 e. The molecule has 0 amide bonds. The molecule has 2 nitrogen and oxygen atoms in total. The molecule has 0 aromatic carbocycles. The summed E-state index contributed by atoms with van der Waals surface area (Å²) in [5, 5.41) is 0.200. The fraction of sp³-hybridized carbons (Fsp3) is 0.706. The summed E-state index contributed by atoms with van der Waals surface area (Å²) < 4.78 is 6.23. The van der Waals surface area contributed by atoms with Crippen molar-refractivity contribution in [3.8, 4) is 0 Å². The number of allylic oxidation sites excluding steroid dienone is 3. The first-order valence-electron chi connectivity index (χ1n) is 7.78. The van der Waals surface area contributed by atoms with Crippen LogP contribution in [0.2, 0.25) is 18.1 Å². The van der Waals surface area contributed by atoms with Crippen molar-refractivity contribution in [2.45, 2.75) is 45.3 Å². The third kappa shape index (κ3) is 2.06. The first-order valence-corrected chi connectivity index (χ1v) is 10.7. The molecule has 2 bridgehead atoms. The van der Waals surface area contributed by atoms with E-state index in [-0.39, 0.29) is 11.0 Å². The van der Waals surface area contributed by atoms with Gasteiger partial charge in [-0.1, -0.05) is 39.0 Å². The average molecular weight is 290 g/mol. The lowest BCUT2D eigenvalue weighted by atomic mass is 9.85. The van der Waals surface area contributed by atoms with Crippen LogP contribution in [0, 0.1) is 23.7 Å². The molecule has 0 radical (unpaired) electrons. The van der Waals surface area contributed by atoms with E-state index in [4.69, 9.17) is 4.43 Å². The summed E-state index contributed by atoms with van der Waals surface area (Å²) in [6.07, 6.45) is 7.99. The first kappa shape index (κ1) is 14.3. The Labute approximate surface area is 123 Å². The van der Waals surface area contributed by atoms with Crippen molar-refractivity contribution in [2.75, 3.05) is 6.61 Å². The third-order valence-electron chi connectivity index (χ3n) is 5.93. The number of carbonyl (C=O) groups is 1. The highest BCUT2D eigenvalue weighted by molar-refractivity contribution is 6.74. The number of fused-ring (bicyclic) bond motifs is 5. The van der Waals surface area contributed by atoms with E-state index in [0.717, 1.165) is 5.57 Å². The van der Waals surface area contributed by atoms with E-state index in [1.807, 2.05) is 0 Å². The lowest BCUT2D eigenvalue weighted by molar-refractivity contribution is -0.119. The number of hydrogen-bond donors (Lipinski definition) is 0. The van der Waals surface area contributed by atoms with Gasteiger partial charge in [-0.15, -0.1) is 0 Å². The monoisotopic (exact) mass is 290 g/mol. The van der Waals surface area contributed by atoms with Crippen molar-refractivity contribution < 1.29 is 9.22 Å². The maximum atomic E-state index is 12.6. The first-order chi connectivity index (χ1) is 9.21. The molecule has 0 aromatic heterocycles. The van der Waals surface area contributed by atoms with Crippen LogP contribution in [0.25, 0.3) is 0 Å². The van der Waals surface area contributed by atoms with Gasteiger partial charge < -0.3 is 4.43 Å². The van der Waals surface area contributed by atoms with E-state index in [1.54, 1.807) is 0 Å². The fourth-order valence-corrected chi connectivity index (χ4v) is 4.53. The van der Waals surface area contributed by atoms with Crippen LogP contribution in [0.4, 0.5) is 0 Å². The SMILES string of the molecule is CC(C)(C)[Si](C)(C)OCC1=CC2C(C1=O)[C@H]1C=C[C@@H]2C1. The standard InChI is InChI=1S/C17H26O2Si/c1-17(2,3)20(4,5)19-10-13-9-14-11-6-7-12(8-11)15(14)16(13)18/h6-7,9,11-12,14-15H,8,10H2,1-5H3/t11-,12+,14?,15?/m1/s1. The third-order valence-corrected chi connectivity index (χ3v) is 10.4. The molecule has 3 aliphatic rings. The van der Waals surface area contributed by atoms with Gasteiger partial charge in [0.25, 0.3) is 0 Å². The summed E-state index contributed by atoms with van der Waals surface area (Å²) >= 11 is 0. The van der Waals surface area contributed by atoms with E-state index >= 15 is 0 Å². The highest BCUT2D eigenvalue weighted by atomic mass is 28.4. The van der Waals surface area contributed by atoms with Gasteiger partial charge in [-0.2, -0.15) is 0 Å². The quantitative estimate of drug-likeness (QED) is 0.581. The van der Waals surface area contributed by atoms with E-state index in [2.05, 4.69) is 52.1 Å². The second-order valence-corrected chi connectivity index (χ2v) is 13.0. The Bertz CT molecular complexity index is 496. The van der Waals surface area contributed by atoms with E-state index in [1.165, 1.54) is 6.42 Å². The predicted molar refractivity (Wildman–Crippen MR) is 84.0 cm³/mol. The van der Waals surface area contributed by atoms with Crippen LogP contribution in [0.1, 0.15) is 27.2 Å². The Balaban J connectivity index is 1.69. The molecule has 0 saturated heterocycles. The van der Waals surface area contributed by atoms with Crippen LogP contribution < -0.4 is 0 Å². The minimum atomic E-state index is -1.77. The highest BCUT2D eigenvalue weighted by Gasteiger charge is 2.51. The van der Waals surface area contributed by atoms with Gasteiger partial charge in [-0.3, -0.25) is 4.79 Å². The molecule has 2 unspecified atom stereocenters. The average Bonchev–Trinajstić information content (AvgIpc) is 2.98. The lowest BCUT2D eigenvalue weighted by Crippen LogP contribution is -2.41. The van der Waals surface area contributed by atoms with Gasteiger partial charge in [-0.25, -0.2) is 0 Å². The zero-order valence-corrected chi connectivity index (χ0v) is 14.3. The van der Waals surface area contributed by atoms with Crippen LogP contribution >= 0.6 is 0 Å². The van der Waals surface area contributed by atoms with Crippen LogP contribution in [-0.4, -0.2) is 20.7 Å². The summed E-state index contributed by atoms with van der Waals surface area (Å²) in [5.41, 5.74) is 0.947. The van der Waals surface area contributed by atoms with E-state index < -0.39 is 8.32 Å². The van der Waals surface area contributed by atoms with E-state index in [0.29, 0.717) is 30.1 Å². The van der Waals surface area contributed by atoms with Crippen LogP contribution in [-0.2, 0) is 9.22 Å². The molecule has 0 N–H and O–H groups in total. The fourth-order valence-electron chi connectivity index (χ4n) is 3.58. The molecule has 20 heavy (non-hydrogen) atoms. The number of rotatable bonds is 3. The minimum Gasteiger partial charge on any atom is -0.412 e. The maximum absolute atomic E-state index is 12.6. The van der Waals surface area contributed by atoms with E-state index in [9.17, 15) is 4.79 Å². The number of Topliss-reactive ketones (excluding diaryl/α,β-unsaturated/α-hetero) is 1. The number of ketones is 1. The Morgan fingerprint density at radius 2 is 1.90 bits per heavy atom. The Hall–Kier alpha value is -0.673. The van der Waals surface area contributed by atoms with Gasteiger partial charge in [0.1, 0.15) is 0 Å². The molecule has 1 fully saturated rings. The van der Waals surface area contributed by atoms with Gasteiger partial charge in [0.15, 0.2) is 14.1 Å². The maximum Gasteiger partial charge on any atom is 0.192 e. The normalized spacial score (nSPS) is 35.6. The predicted octanol–water partition coefficient (Wildman–Crippen LogP) is 3.96. The van der Waals surface area contributed by atoms with Gasteiger partial charge in [0.05, 0.1) is 6.61 Å².